The van der Waals surface area contributed by atoms with Crippen molar-refractivity contribution in [3.05, 3.63) is 0 Å². The van der Waals surface area contributed by atoms with Crippen molar-refractivity contribution in [3.8, 4) is 0 Å². The minimum absolute atomic E-state index is 0.179. The smallest absolute Gasteiger partial charge is 0.135 e. The minimum Gasteiger partial charge on any atom is -0.392 e. The number of ketones is 1. The molecule has 0 bridgehead atoms. The Kier molecular flexibility index (Phi) is 5.23. The van der Waals surface area contributed by atoms with Gasteiger partial charge in [0.25, 0.3) is 0 Å². The Hall–Kier alpha value is -0.370. The van der Waals surface area contributed by atoms with Crippen LogP contribution in [0.15, 0.2) is 0 Å². The number of unbranched alkanes of at least 4 members (excludes halogenated alkanes) is 1. The first-order valence-electron chi connectivity index (χ1n) is 5.07. The van der Waals surface area contributed by atoms with E-state index < -0.39 is 6.10 Å². The molecule has 0 saturated carbocycles. The third-order valence-corrected chi connectivity index (χ3v) is 2.23. The highest BCUT2D eigenvalue weighted by Gasteiger charge is 2.23. The van der Waals surface area contributed by atoms with Crippen LogP contribution in [0.1, 0.15) is 53.4 Å². The van der Waals surface area contributed by atoms with E-state index in [9.17, 15) is 9.90 Å². The van der Waals surface area contributed by atoms with E-state index in [4.69, 9.17) is 0 Å². The fraction of sp³-hybridized carbons (Fsp3) is 0.909. The Morgan fingerprint density at radius 2 is 1.92 bits per heavy atom. The first-order valence-corrected chi connectivity index (χ1v) is 5.07. The Bertz CT molecular complexity index is 156. The van der Waals surface area contributed by atoms with E-state index in [0.717, 1.165) is 12.8 Å². The number of carbonyl (C=O) groups is 1. The number of carbonyl (C=O) groups excluding carboxylic acids is 1. The van der Waals surface area contributed by atoms with Crippen molar-refractivity contribution in [2.75, 3.05) is 0 Å². The summed E-state index contributed by atoms with van der Waals surface area (Å²) in [5.41, 5.74) is -0.179. The van der Waals surface area contributed by atoms with Gasteiger partial charge in [-0.1, -0.05) is 34.1 Å². The summed E-state index contributed by atoms with van der Waals surface area (Å²) in [6.07, 6.45) is 2.40. The summed E-state index contributed by atoms with van der Waals surface area (Å²) < 4.78 is 0. The monoisotopic (exact) mass is 186 g/mol. The molecule has 0 heterocycles. The molecule has 0 amide bonds. The van der Waals surface area contributed by atoms with Gasteiger partial charge in [0.2, 0.25) is 0 Å². The van der Waals surface area contributed by atoms with E-state index in [1.54, 1.807) is 0 Å². The van der Waals surface area contributed by atoms with Crippen LogP contribution in [0, 0.1) is 5.41 Å². The Morgan fingerprint density at radius 1 is 1.38 bits per heavy atom. The quantitative estimate of drug-likeness (QED) is 0.716. The van der Waals surface area contributed by atoms with Crippen molar-refractivity contribution in [1.82, 2.24) is 0 Å². The van der Waals surface area contributed by atoms with Gasteiger partial charge in [-0.3, -0.25) is 4.79 Å². The third kappa shape index (κ3) is 5.81. The van der Waals surface area contributed by atoms with Crippen LogP contribution in [0.4, 0.5) is 0 Å². The van der Waals surface area contributed by atoms with Gasteiger partial charge < -0.3 is 5.11 Å². The normalized spacial score (nSPS) is 14.2. The maximum absolute atomic E-state index is 11.3. The number of rotatable bonds is 5. The summed E-state index contributed by atoms with van der Waals surface area (Å²) in [5, 5.41) is 9.63. The van der Waals surface area contributed by atoms with Crippen LogP contribution in [0.2, 0.25) is 0 Å². The van der Waals surface area contributed by atoms with Crippen LogP contribution >= 0.6 is 0 Å². The number of aliphatic hydroxyl groups excluding tert-OH is 1. The molecule has 0 radical (unpaired) electrons. The molecule has 1 unspecified atom stereocenters. The van der Waals surface area contributed by atoms with E-state index in [1.807, 2.05) is 20.8 Å². The molecule has 0 aromatic heterocycles. The molecule has 0 aromatic carbocycles. The Labute approximate surface area is 81.3 Å². The van der Waals surface area contributed by atoms with Gasteiger partial charge in [0.05, 0.1) is 6.10 Å². The number of hydrogen-bond acceptors (Lipinski definition) is 2. The zero-order valence-electron chi connectivity index (χ0n) is 9.26. The second-order valence-electron chi connectivity index (χ2n) is 4.73. The lowest BCUT2D eigenvalue weighted by Gasteiger charge is -2.25. The van der Waals surface area contributed by atoms with E-state index in [-0.39, 0.29) is 11.2 Å². The molecule has 0 aliphatic carbocycles. The van der Waals surface area contributed by atoms with E-state index in [2.05, 4.69) is 6.92 Å². The standard InChI is InChI=1S/C11H22O2/c1-5-6-7-9(12)8-10(13)11(2,3)4/h10,13H,5-8H2,1-4H3. The van der Waals surface area contributed by atoms with E-state index >= 15 is 0 Å². The van der Waals surface area contributed by atoms with Crippen molar-refractivity contribution >= 4 is 5.78 Å². The van der Waals surface area contributed by atoms with E-state index in [1.165, 1.54) is 0 Å². The molecular formula is C11H22O2. The second kappa shape index (κ2) is 5.38. The lowest BCUT2D eigenvalue weighted by atomic mass is 9.86. The van der Waals surface area contributed by atoms with E-state index in [0.29, 0.717) is 12.8 Å². The molecule has 0 aliphatic rings. The number of hydrogen-bond donors (Lipinski definition) is 1. The maximum Gasteiger partial charge on any atom is 0.135 e. The molecule has 0 aliphatic heterocycles. The predicted molar refractivity (Wildman–Crippen MR) is 54.6 cm³/mol. The van der Waals surface area contributed by atoms with Gasteiger partial charge in [0.15, 0.2) is 0 Å². The second-order valence-corrected chi connectivity index (χ2v) is 4.73. The molecular weight excluding hydrogens is 164 g/mol. The van der Waals surface area contributed by atoms with Crippen LogP contribution in [0.3, 0.4) is 0 Å². The molecule has 1 atom stereocenters. The van der Waals surface area contributed by atoms with Crippen molar-refractivity contribution in [2.45, 2.75) is 59.5 Å². The zero-order valence-corrected chi connectivity index (χ0v) is 9.26. The molecule has 0 rings (SSSR count). The lowest BCUT2D eigenvalue weighted by molar-refractivity contribution is -0.122. The van der Waals surface area contributed by atoms with Gasteiger partial charge in [0, 0.05) is 12.8 Å². The molecule has 2 heteroatoms. The SMILES string of the molecule is CCCCC(=O)CC(O)C(C)(C)C. The Balaban J connectivity index is 3.79. The van der Waals surface area contributed by atoms with Gasteiger partial charge in [-0.25, -0.2) is 0 Å². The van der Waals surface area contributed by atoms with Gasteiger partial charge >= 0.3 is 0 Å². The zero-order chi connectivity index (χ0) is 10.5. The summed E-state index contributed by atoms with van der Waals surface area (Å²) in [7, 11) is 0. The first kappa shape index (κ1) is 12.6. The highest BCUT2D eigenvalue weighted by atomic mass is 16.3. The Morgan fingerprint density at radius 3 is 2.31 bits per heavy atom. The number of aliphatic hydroxyl groups is 1. The van der Waals surface area contributed by atoms with Crippen LogP contribution < -0.4 is 0 Å². The van der Waals surface area contributed by atoms with Gasteiger partial charge in [-0.15, -0.1) is 0 Å². The highest BCUT2D eigenvalue weighted by molar-refractivity contribution is 5.78. The fourth-order valence-corrected chi connectivity index (χ4v) is 0.998. The average Bonchev–Trinajstić information content (AvgIpc) is 1.99. The van der Waals surface area contributed by atoms with Gasteiger partial charge in [-0.2, -0.15) is 0 Å². The van der Waals surface area contributed by atoms with Crippen molar-refractivity contribution in [3.63, 3.8) is 0 Å². The van der Waals surface area contributed by atoms with Gasteiger partial charge in [-0.05, 0) is 11.8 Å². The summed E-state index contributed by atoms with van der Waals surface area (Å²) in [5.74, 6) is 0.185. The topological polar surface area (TPSA) is 37.3 Å². The summed E-state index contributed by atoms with van der Waals surface area (Å²) in [6.45, 7) is 7.91. The first-order chi connectivity index (χ1) is 5.88. The summed E-state index contributed by atoms with van der Waals surface area (Å²) in [6, 6.07) is 0. The molecule has 1 N–H and O–H groups in total. The lowest BCUT2D eigenvalue weighted by Crippen LogP contribution is -2.28. The largest absolute Gasteiger partial charge is 0.392 e. The maximum atomic E-state index is 11.3. The molecule has 0 fully saturated rings. The van der Waals surface area contributed by atoms with Crippen LogP contribution in [-0.4, -0.2) is 17.0 Å². The van der Waals surface area contributed by atoms with Crippen molar-refractivity contribution in [2.24, 2.45) is 5.41 Å². The molecule has 78 valence electrons. The van der Waals surface area contributed by atoms with Crippen LogP contribution in [0.5, 0.6) is 0 Å². The average molecular weight is 186 g/mol. The summed E-state index contributed by atoms with van der Waals surface area (Å²) >= 11 is 0. The van der Waals surface area contributed by atoms with Crippen molar-refractivity contribution in [1.29, 1.82) is 0 Å². The third-order valence-electron chi connectivity index (χ3n) is 2.23. The van der Waals surface area contributed by atoms with Crippen LogP contribution in [0.25, 0.3) is 0 Å². The minimum atomic E-state index is -0.503. The molecule has 0 spiro atoms. The highest BCUT2D eigenvalue weighted by Crippen LogP contribution is 2.22. The fourth-order valence-electron chi connectivity index (χ4n) is 0.998. The summed E-state index contributed by atoms with van der Waals surface area (Å²) in [4.78, 5) is 11.3. The van der Waals surface area contributed by atoms with Gasteiger partial charge in [0.1, 0.15) is 5.78 Å². The molecule has 13 heavy (non-hydrogen) atoms. The van der Waals surface area contributed by atoms with Crippen molar-refractivity contribution < 1.29 is 9.90 Å². The molecule has 0 aromatic rings. The van der Waals surface area contributed by atoms with Crippen LogP contribution in [-0.2, 0) is 4.79 Å². The molecule has 0 saturated heterocycles. The predicted octanol–water partition coefficient (Wildman–Crippen LogP) is 2.54. The molecule has 2 nitrogen and oxygen atoms in total. The number of Topliss-reactive ketones (excluding diaryl/α,β-unsaturated/α-hetero) is 1.